The van der Waals surface area contributed by atoms with Crippen molar-refractivity contribution in [2.75, 3.05) is 52.9 Å². The van der Waals surface area contributed by atoms with E-state index in [1.165, 1.54) is 23.1 Å². The zero-order valence-corrected chi connectivity index (χ0v) is 24.7. The highest BCUT2D eigenvalue weighted by atomic mass is 35.5. The van der Waals surface area contributed by atoms with E-state index in [1.54, 1.807) is 37.6 Å². The van der Waals surface area contributed by atoms with Gasteiger partial charge in [-0.25, -0.2) is 9.18 Å². The van der Waals surface area contributed by atoms with Crippen LogP contribution in [-0.2, 0) is 22.5 Å². The van der Waals surface area contributed by atoms with Crippen LogP contribution in [0.15, 0.2) is 48.5 Å². The molecule has 3 aromatic rings. The fourth-order valence-electron chi connectivity index (χ4n) is 4.04. The minimum absolute atomic E-state index is 0.104. The molecule has 2 aromatic carbocycles. The minimum atomic E-state index is -0.583. The van der Waals surface area contributed by atoms with Gasteiger partial charge >= 0.3 is 6.03 Å². The SMILES string of the molecule is COCCCN(CC(=O)N(CCc1ccc(OC)c(OC)c1)Cc1ccc(C)s1)C(=O)Nc1ccc(F)c(Cl)c1. The number of rotatable bonds is 14. The zero-order valence-electron chi connectivity index (χ0n) is 23.2. The molecule has 0 saturated heterocycles. The van der Waals surface area contributed by atoms with E-state index in [1.807, 2.05) is 37.3 Å². The number of halogens is 2. The summed E-state index contributed by atoms with van der Waals surface area (Å²) >= 11 is 7.50. The minimum Gasteiger partial charge on any atom is -0.493 e. The smallest absolute Gasteiger partial charge is 0.322 e. The molecule has 216 valence electrons. The largest absolute Gasteiger partial charge is 0.493 e. The van der Waals surface area contributed by atoms with Crippen molar-refractivity contribution in [1.82, 2.24) is 9.80 Å². The van der Waals surface area contributed by atoms with Crippen LogP contribution in [-0.4, -0.2) is 69.3 Å². The summed E-state index contributed by atoms with van der Waals surface area (Å²) in [5.74, 6) is 0.471. The first kappa shape index (κ1) is 31.2. The van der Waals surface area contributed by atoms with Crippen molar-refractivity contribution >= 4 is 40.6 Å². The molecule has 3 amide bonds. The molecule has 1 N–H and O–H groups in total. The molecular formula is C29H35ClFN3O5S. The number of carbonyl (C=O) groups is 2. The molecule has 0 saturated carbocycles. The van der Waals surface area contributed by atoms with Crippen LogP contribution in [0.5, 0.6) is 11.5 Å². The van der Waals surface area contributed by atoms with Crippen molar-refractivity contribution in [3.05, 3.63) is 74.7 Å². The molecule has 0 bridgehead atoms. The van der Waals surface area contributed by atoms with Crippen LogP contribution in [0.4, 0.5) is 14.9 Å². The van der Waals surface area contributed by atoms with Gasteiger partial charge in [0.1, 0.15) is 12.4 Å². The van der Waals surface area contributed by atoms with Gasteiger partial charge in [-0.3, -0.25) is 4.79 Å². The van der Waals surface area contributed by atoms with E-state index >= 15 is 0 Å². The summed E-state index contributed by atoms with van der Waals surface area (Å²) in [4.78, 5) is 32.2. The Labute approximate surface area is 243 Å². The van der Waals surface area contributed by atoms with Crippen molar-refractivity contribution < 1.29 is 28.2 Å². The summed E-state index contributed by atoms with van der Waals surface area (Å²) < 4.78 is 29.5. The fourth-order valence-corrected chi connectivity index (χ4v) is 5.13. The summed E-state index contributed by atoms with van der Waals surface area (Å²) in [7, 11) is 4.74. The van der Waals surface area contributed by atoms with E-state index in [0.29, 0.717) is 56.3 Å². The lowest BCUT2D eigenvalue weighted by molar-refractivity contribution is -0.132. The number of benzene rings is 2. The van der Waals surface area contributed by atoms with Gasteiger partial charge in [0.2, 0.25) is 5.91 Å². The van der Waals surface area contributed by atoms with Crippen LogP contribution in [0.2, 0.25) is 5.02 Å². The topological polar surface area (TPSA) is 80.3 Å². The number of urea groups is 1. The number of aryl methyl sites for hydroxylation is 1. The van der Waals surface area contributed by atoms with Crippen LogP contribution in [0.3, 0.4) is 0 Å². The first-order valence-corrected chi connectivity index (χ1v) is 14.0. The van der Waals surface area contributed by atoms with Gasteiger partial charge in [-0.2, -0.15) is 0 Å². The summed E-state index contributed by atoms with van der Waals surface area (Å²) in [5.41, 5.74) is 1.32. The third-order valence-electron chi connectivity index (χ3n) is 6.17. The van der Waals surface area contributed by atoms with Crippen LogP contribution in [0, 0.1) is 12.7 Å². The van der Waals surface area contributed by atoms with Crippen molar-refractivity contribution in [3.8, 4) is 11.5 Å². The second kappa shape index (κ2) is 15.4. The molecule has 0 aliphatic carbocycles. The predicted molar refractivity (Wildman–Crippen MR) is 156 cm³/mol. The molecule has 0 aliphatic heterocycles. The Morgan fingerprint density at radius 2 is 1.75 bits per heavy atom. The fraction of sp³-hybridized carbons (Fsp3) is 0.379. The third kappa shape index (κ3) is 9.11. The number of amides is 3. The van der Waals surface area contributed by atoms with E-state index < -0.39 is 11.8 Å². The second-order valence-corrected chi connectivity index (χ2v) is 10.9. The van der Waals surface area contributed by atoms with Gasteiger partial charge in [0, 0.05) is 42.2 Å². The van der Waals surface area contributed by atoms with Gasteiger partial charge in [-0.05, 0) is 67.8 Å². The standard InChI is InChI=1S/C29H35ClFN3O5S/c1-20-6-9-23(40-20)18-33(14-12-21-7-11-26(38-3)27(16-21)39-4)28(35)19-34(13-5-15-37-2)29(36)32-22-8-10-25(31)24(30)17-22/h6-11,16-17H,5,12-15,18-19H2,1-4H3,(H,32,36). The molecule has 0 atom stereocenters. The van der Waals surface area contributed by atoms with Crippen LogP contribution < -0.4 is 14.8 Å². The maximum absolute atomic E-state index is 13.7. The third-order valence-corrected chi connectivity index (χ3v) is 7.45. The van der Waals surface area contributed by atoms with Crippen molar-refractivity contribution in [2.45, 2.75) is 26.3 Å². The number of anilines is 1. The highest BCUT2D eigenvalue weighted by Crippen LogP contribution is 2.28. The van der Waals surface area contributed by atoms with Gasteiger partial charge in [-0.15, -0.1) is 11.3 Å². The van der Waals surface area contributed by atoms with E-state index in [2.05, 4.69) is 5.32 Å². The normalized spacial score (nSPS) is 10.8. The molecule has 0 radical (unpaired) electrons. The number of thiophene rings is 1. The number of ether oxygens (including phenoxy) is 3. The van der Waals surface area contributed by atoms with Gasteiger partial charge < -0.3 is 29.3 Å². The van der Waals surface area contributed by atoms with E-state index in [4.69, 9.17) is 25.8 Å². The molecule has 1 heterocycles. The summed E-state index contributed by atoms with van der Waals surface area (Å²) in [6.07, 6.45) is 1.12. The molecule has 11 heteroatoms. The van der Waals surface area contributed by atoms with Gasteiger partial charge in [0.15, 0.2) is 11.5 Å². The lowest BCUT2D eigenvalue weighted by atomic mass is 10.1. The number of carbonyl (C=O) groups excluding carboxylic acids is 2. The highest BCUT2D eigenvalue weighted by Gasteiger charge is 2.22. The Balaban J connectivity index is 1.77. The Morgan fingerprint density at radius 3 is 2.40 bits per heavy atom. The van der Waals surface area contributed by atoms with Crippen LogP contribution >= 0.6 is 22.9 Å². The van der Waals surface area contributed by atoms with Crippen molar-refractivity contribution in [1.29, 1.82) is 0 Å². The molecule has 40 heavy (non-hydrogen) atoms. The summed E-state index contributed by atoms with van der Waals surface area (Å²) in [6, 6.07) is 13.2. The summed E-state index contributed by atoms with van der Waals surface area (Å²) in [5, 5.41) is 2.61. The van der Waals surface area contributed by atoms with Gasteiger partial charge in [-0.1, -0.05) is 17.7 Å². The van der Waals surface area contributed by atoms with E-state index in [-0.39, 0.29) is 17.5 Å². The number of hydrogen-bond acceptors (Lipinski definition) is 6. The Bertz CT molecular complexity index is 1290. The van der Waals surface area contributed by atoms with Crippen molar-refractivity contribution in [3.63, 3.8) is 0 Å². The van der Waals surface area contributed by atoms with Gasteiger partial charge in [0.05, 0.1) is 25.8 Å². The van der Waals surface area contributed by atoms with E-state index in [0.717, 1.165) is 15.3 Å². The maximum Gasteiger partial charge on any atom is 0.322 e. The highest BCUT2D eigenvalue weighted by molar-refractivity contribution is 7.11. The first-order valence-electron chi connectivity index (χ1n) is 12.8. The number of methoxy groups -OCH3 is 3. The molecule has 1 aromatic heterocycles. The quantitative estimate of drug-likeness (QED) is 0.232. The zero-order chi connectivity index (χ0) is 29.1. The molecular weight excluding hydrogens is 557 g/mol. The molecule has 0 fully saturated rings. The molecule has 0 unspecified atom stereocenters. The molecule has 0 spiro atoms. The monoisotopic (exact) mass is 591 g/mol. The van der Waals surface area contributed by atoms with E-state index in [9.17, 15) is 14.0 Å². The molecule has 0 aliphatic rings. The predicted octanol–water partition coefficient (Wildman–Crippen LogP) is 6.01. The number of nitrogens with zero attached hydrogens (tertiary/aromatic N) is 2. The molecule has 8 nitrogen and oxygen atoms in total. The first-order chi connectivity index (χ1) is 19.2. The average molecular weight is 592 g/mol. The van der Waals surface area contributed by atoms with Crippen LogP contribution in [0.1, 0.15) is 21.7 Å². The second-order valence-electron chi connectivity index (χ2n) is 9.09. The van der Waals surface area contributed by atoms with Crippen LogP contribution in [0.25, 0.3) is 0 Å². The lowest BCUT2D eigenvalue weighted by Crippen LogP contribution is -2.45. The van der Waals surface area contributed by atoms with Gasteiger partial charge in [0.25, 0.3) is 0 Å². The van der Waals surface area contributed by atoms with Crippen molar-refractivity contribution in [2.24, 2.45) is 0 Å². The number of nitrogens with one attached hydrogen (secondary N) is 1. The summed E-state index contributed by atoms with van der Waals surface area (Å²) in [6.45, 7) is 3.46. The Morgan fingerprint density at radius 1 is 0.975 bits per heavy atom. The Kier molecular flexibility index (Phi) is 12.0. The Hall–Kier alpha value is -3.34. The lowest BCUT2D eigenvalue weighted by Gasteiger charge is -2.28. The molecule has 3 rings (SSSR count). The number of hydrogen-bond donors (Lipinski definition) is 1. The average Bonchev–Trinajstić information content (AvgIpc) is 3.36. The maximum atomic E-state index is 13.7.